The summed E-state index contributed by atoms with van der Waals surface area (Å²) < 4.78 is 43.4. The quantitative estimate of drug-likeness (QED) is 0.806. The number of anilines is 1. The number of nitrogens with one attached hydrogen (secondary N) is 1. The van der Waals surface area contributed by atoms with Crippen molar-refractivity contribution in [2.45, 2.75) is 12.7 Å². The van der Waals surface area contributed by atoms with Gasteiger partial charge in [0.2, 0.25) is 0 Å². The van der Waals surface area contributed by atoms with Gasteiger partial charge in [-0.05, 0) is 57.9 Å². The van der Waals surface area contributed by atoms with Crippen molar-refractivity contribution in [3.05, 3.63) is 51.3 Å². The van der Waals surface area contributed by atoms with Gasteiger partial charge < -0.3 is 9.73 Å². The maximum absolute atomic E-state index is 12.6. The van der Waals surface area contributed by atoms with E-state index in [9.17, 15) is 13.2 Å². The summed E-state index contributed by atoms with van der Waals surface area (Å²) in [6.07, 6.45) is -4.37. The Balaban J connectivity index is 2.15. The van der Waals surface area contributed by atoms with Gasteiger partial charge in [-0.1, -0.05) is 0 Å². The molecule has 1 heterocycles. The van der Waals surface area contributed by atoms with E-state index in [0.717, 1.165) is 12.1 Å². The molecule has 0 amide bonds. The molecule has 102 valence electrons. The van der Waals surface area contributed by atoms with E-state index < -0.39 is 11.7 Å². The van der Waals surface area contributed by atoms with Crippen LogP contribution in [0.4, 0.5) is 18.9 Å². The largest absolute Gasteiger partial charge is 0.448 e. The van der Waals surface area contributed by atoms with E-state index in [4.69, 9.17) is 16.0 Å². The van der Waals surface area contributed by atoms with Crippen molar-refractivity contribution >= 4 is 33.2 Å². The van der Waals surface area contributed by atoms with Crippen molar-refractivity contribution < 1.29 is 17.6 Å². The first-order valence-electron chi connectivity index (χ1n) is 5.21. The predicted molar refractivity (Wildman–Crippen MR) is 70.2 cm³/mol. The Bertz CT molecular complexity index is 583. The zero-order valence-electron chi connectivity index (χ0n) is 9.39. The van der Waals surface area contributed by atoms with Crippen molar-refractivity contribution in [3.8, 4) is 0 Å². The molecule has 1 aromatic carbocycles. The fourth-order valence-electron chi connectivity index (χ4n) is 1.47. The van der Waals surface area contributed by atoms with Crippen LogP contribution in [0.3, 0.4) is 0 Å². The molecule has 0 spiro atoms. The Morgan fingerprint density at radius 1 is 1.21 bits per heavy atom. The van der Waals surface area contributed by atoms with Crippen LogP contribution in [0, 0.1) is 0 Å². The third-order valence-electron chi connectivity index (χ3n) is 2.38. The first-order chi connectivity index (χ1) is 8.86. The summed E-state index contributed by atoms with van der Waals surface area (Å²) in [5.74, 6) is 0.536. The minimum atomic E-state index is -4.37. The van der Waals surface area contributed by atoms with E-state index in [-0.39, 0.29) is 11.8 Å². The summed E-state index contributed by atoms with van der Waals surface area (Å²) in [7, 11) is 0. The van der Waals surface area contributed by atoms with Gasteiger partial charge in [0.25, 0.3) is 0 Å². The van der Waals surface area contributed by atoms with Crippen LogP contribution in [-0.4, -0.2) is 0 Å². The average molecular weight is 355 g/mol. The molecule has 0 aliphatic rings. The SMILES string of the molecule is FC(F)(F)c1ccc(Br)c(NCc2ccc(Cl)o2)c1. The van der Waals surface area contributed by atoms with Crippen LogP contribution in [0.2, 0.25) is 5.22 Å². The number of hydrogen-bond donors (Lipinski definition) is 1. The smallest absolute Gasteiger partial charge is 0.416 e. The lowest BCUT2D eigenvalue weighted by Crippen LogP contribution is -2.06. The number of benzene rings is 1. The molecule has 0 radical (unpaired) electrons. The number of rotatable bonds is 3. The first-order valence-corrected chi connectivity index (χ1v) is 6.38. The highest BCUT2D eigenvalue weighted by atomic mass is 79.9. The van der Waals surface area contributed by atoms with Gasteiger partial charge in [-0.2, -0.15) is 13.2 Å². The number of furan rings is 1. The van der Waals surface area contributed by atoms with Crippen LogP contribution in [0.15, 0.2) is 39.2 Å². The van der Waals surface area contributed by atoms with Gasteiger partial charge in [-0.15, -0.1) is 0 Å². The normalized spacial score (nSPS) is 11.6. The molecule has 0 aliphatic carbocycles. The molecule has 1 aromatic heterocycles. The molecule has 0 fully saturated rings. The van der Waals surface area contributed by atoms with Gasteiger partial charge in [0.05, 0.1) is 12.1 Å². The Morgan fingerprint density at radius 3 is 2.53 bits per heavy atom. The molecule has 2 rings (SSSR count). The number of hydrogen-bond acceptors (Lipinski definition) is 2. The van der Waals surface area contributed by atoms with E-state index in [1.165, 1.54) is 6.07 Å². The van der Waals surface area contributed by atoms with Crippen molar-refractivity contribution in [2.75, 3.05) is 5.32 Å². The van der Waals surface area contributed by atoms with Crippen LogP contribution < -0.4 is 5.32 Å². The summed E-state index contributed by atoms with van der Waals surface area (Å²) in [4.78, 5) is 0. The molecule has 0 saturated heterocycles. The predicted octanol–water partition coefficient (Wildman–Crippen LogP) is 5.33. The highest BCUT2D eigenvalue weighted by Crippen LogP contribution is 2.34. The lowest BCUT2D eigenvalue weighted by Gasteiger charge is -2.11. The van der Waals surface area contributed by atoms with Crippen LogP contribution in [-0.2, 0) is 12.7 Å². The average Bonchev–Trinajstić information content (AvgIpc) is 2.72. The first kappa shape index (κ1) is 14.3. The summed E-state index contributed by atoms with van der Waals surface area (Å²) in [6, 6.07) is 6.62. The van der Waals surface area contributed by atoms with Crippen LogP contribution in [0.25, 0.3) is 0 Å². The monoisotopic (exact) mass is 353 g/mol. The zero-order chi connectivity index (χ0) is 14.0. The summed E-state index contributed by atoms with van der Waals surface area (Å²) in [5, 5.41) is 3.09. The lowest BCUT2D eigenvalue weighted by molar-refractivity contribution is -0.137. The van der Waals surface area contributed by atoms with Gasteiger partial charge in [0, 0.05) is 10.2 Å². The molecule has 2 aromatic rings. The Kier molecular flexibility index (Phi) is 4.10. The molecule has 0 aliphatic heterocycles. The van der Waals surface area contributed by atoms with Crippen molar-refractivity contribution in [2.24, 2.45) is 0 Å². The van der Waals surface area contributed by atoms with E-state index in [1.807, 2.05) is 0 Å². The highest BCUT2D eigenvalue weighted by Gasteiger charge is 2.30. The molecule has 0 bridgehead atoms. The third kappa shape index (κ3) is 3.67. The molecule has 0 unspecified atom stereocenters. The standard InChI is InChI=1S/C12H8BrClF3NO/c13-9-3-1-7(12(15,16)17)5-10(9)18-6-8-2-4-11(14)19-8/h1-5,18H,6H2. The maximum atomic E-state index is 12.6. The van der Waals surface area contributed by atoms with E-state index >= 15 is 0 Å². The van der Waals surface area contributed by atoms with Crippen LogP contribution >= 0.6 is 27.5 Å². The molecule has 2 nitrogen and oxygen atoms in total. The molecule has 0 atom stereocenters. The second-order valence-electron chi connectivity index (χ2n) is 3.75. The molecule has 0 saturated carbocycles. The van der Waals surface area contributed by atoms with E-state index in [0.29, 0.717) is 15.9 Å². The summed E-state index contributed by atoms with van der Waals surface area (Å²) in [6.45, 7) is 0.243. The van der Waals surface area contributed by atoms with Crippen LogP contribution in [0.5, 0.6) is 0 Å². The highest BCUT2D eigenvalue weighted by molar-refractivity contribution is 9.10. The van der Waals surface area contributed by atoms with Gasteiger partial charge in [-0.25, -0.2) is 0 Å². The zero-order valence-corrected chi connectivity index (χ0v) is 11.7. The fraction of sp³-hybridized carbons (Fsp3) is 0.167. The molecule has 19 heavy (non-hydrogen) atoms. The maximum Gasteiger partial charge on any atom is 0.416 e. The topological polar surface area (TPSA) is 25.2 Å². The van der Waals surface area contributed by atoms with Crippen molar-refractivity contribution in [1.29, 1.82) is 0 Å². The molecular weight excluding hydrogens is 346 g/mol. The fourth-order valence-corrected chi connectivity index (χ4v) is 2.02. The van der Waals surface area contributed by atoms with Crippen molar-refractivity contribution in [3.63, 3.8) is 0 Å². The second kappa shape index (κ2) is 5.46. The van der Waals surface area contributed by atoms with Gasteiger partial charge in [0.1, 0.15) is 5.76 Å². The molecular formula is C12H8BrClF3NO. The Labute approximate surface area is 120 Å². The minimum absolute atomic E-state index is 0.236. The number of alkyl halides is 3. The number of halogens is 5. The van der Waals surface area contributed by atoms with Crippen LogP contribution in [0.1, 0.15) is 11.3 Å². The lowest BCUT2D eigenvalue weighted by atomic mass is 10.2. The van der Waals surface area contributed by atoms with Gasteiger partial charge in [0.15, 0.2) is 5.22 Å². The minimum Gasteiger partial charge on any atom is -0.448 e. The molecule has 7 heteroatoms. The third-order valence-corrected chi connectivity index (χ3v) is 3.27. The van der Waals surface area contributed by atoms with Crippen molar-refractivity contribution in [1.82, 2.24) is 0 Å². The van der Waals surface area contributed by atoms with Gasteiger partial charge >= 0.3 is 6.18 Å². The Hall–Kier alpha value is -1.14. The summed E-state index contributed by atoms with van der Waals surface area (Å²) >= 11 is 8.80. The van der Waals surface area contributed by atoms with E-state index in [2.05, 4.69) is 21.2 Å². The van der Waals surface area contributed by atoms with E-state index in [1.54, 1.807) is 12.1 Å². The second-order valence-corrected chi connectivity index (χ2v) is 4.98. The van der Waals surface area contributed by atoms with Gasteiger partial charge in [-0.3, -0.25) is 0 Å². The Morgan fingerprint density at radius 2 is 1.95 bits per heavy atom. The molecule has 1 N–H and O–H groups in total. The summed E-state index contributed by atoms with van der Waals surface area (Å²) in [5.41, 5.74) is -0.377.